The van der Waals surface area contributed by atoms with E-state index in [9.17, 15) is 0 Å². The minimum Gasteiger partial charge on any atom is -2.00 e. The van der Waals surface area contributed by atoms with Gasteiger partial charge in [-0.25, -0.2) is 0 Å². The molecule has 0 rings (SSSR count). The third-order valence-corrected chi connectivity index (χ3v) is 20.1. The molecule has 326 valence electrons. The van der Waals surface area contributed by atoms with Crippen LogP contribution >= 0.6 is 39.6 Å². The van der Waals surface area contributed by atoms with Crippen LogP contribution in [0.5, 0.6) is 0 Å². The first-order chi connectivity index (χ1) is 16.7. The summed E-state index contributed by atoms with van der Waals surface area (Å²) in [7, 11) is 2.23. The second-order valence-electron chi connectivity index (χ2n) is 8.10. The maximum absolute atomic E-state index is 2.29. The molecule has 0 unspecified atom stereocenters. The summed E-state index contributed by atoms with van der Waals surface area (Å²) in [6.45, 7) is 34.4. The Morgan fingerprint density at radius 1 is 0.180 bits per heavy atom. The van der Waals surface area contributed by atoms with E-state index < -0.39 is 0 Å². The first-order valence-electron chi connectivity index (χ1n) is 15.4. The molecule has 0 spiro atoms. The van der Waals surface area contributed by atoms with E-state index in [-0.39, 0.29) is 225 Å². The fourth-order valence-electron chi connectivity index (χ4n) is 3.35. The molecular weight excluding hydrogens is 1170 g/mol. The molecule has 0 aromatic heterocycles. The predicted molar refractivity (Wildman–Crippen MR) is 237 cm³/mol. The third kappa shape index (κ3) is 117. The van der Waals surface area contributed by atoms with Crippen molar-refractivity contribution in [2.24, 2.45) is 0 Å². The maximum Gasteiger partial charge on any atom is 2.00 e. The van der Waals surface area contributed by atoms with Crippen LogP contribution in [0.1, 0.15) is 104 Å². The Labute approximate surface area is 454 Å². The Morgan fingerprint density at radius 2 is 0.220 bits per heavy atom. The molecule has 0 heterocycles. The number of halogens is 2. The van der Waals surface area contributed by atoms with E-state index in [0.717, 1.165) is 0 Å². The summed E-state index contributed by atoms with van der Waals surface area (Å²) in [6, 6.07) is 0. The quantitative estimate of drug-likeness (QED) is 0.128. The van der Waals surface area contributed by atoms with Crippen LogP contribution in [0.2, 0.25) is 0 Å². The summed E-state index contributed by atoms with van der Waals surface area (Å²) >= 11 is 0. The molecule has 0 bridgehead atoms. The monoisotopic (exact) mass is 1240 g/mol. The molecule has 0 atom stereocenters. The summed E-state index contributed by atoms with van der Waals surface area (Å²) in [4.78, 5) is 0. The Hall–Kier alpha value is 8.47. The van der Waals surface area contributed by atoms with Gasteiger partial charge >= 0.3 is 119 Å². The zero-order valence-corrected chi connectivity index (χ0v) is 52.1. The van der Waals surface area contributed by atoms with Gasteiger partial charge in [0.15, 0.2) is 0 Å². The standard InChI is InChI=1S/5C6H15P.2ClH.7Fe.6S/c5*1-4-7(5-2)6-3;;;;;;;;;;;;;;;/h5*4-6H2,1-3H3;2*1H;;;;;;;;;;;;;/q;;;;;;;7*+2;6*-2/p-2. The van der Waals surface area contributed by atoms with Gasteiger partial charge in [0.25, 0.3) is 0 Å². The number of hydrogen-bond acceptors (Lipinski definition) is 0. The van der Waals surface area contributed by atoms with Crippen molar-refractivity contribution in [3.63, 3.8) is 0 Å². The van der Waals surface area contributed by atoms with Gasteiger partial charge in [-0.3, -0.25) is 0 Å². The topological polar surface area (TPSA) is 0 Å². The third-order valence-electron chi connectivity index (χ3n) is 6.71. The normalized spacial score (nSPS) is 7.20. The largest absolute Gasteiger partial charge is 2.00 e. The van der Waals surface area contributed by atoms with E-state index in [2.05, 4.69) is 104 Å². The molecule has 0 aromatic rings. The van der Waals surface area contributed by atoms with E-state index in [1.54, 1.807) is 0 Å². The molecule has 0 aromatic carbocycles. The molecule has 50 heavy (non-hydrogen) atoms. The molecular formula is C30H75Cl2Fe7P5S6. The van der Waals surface area contributed by atoms with Crippen molar-refractivity contribution >= 4 is 121 Å². The smallest absolute Gasteiger partial charge is 2.00 e. The van der Waals surface area contributed by atoms with Gasteiger partial charge in [0.05, 0.1) is 0 Å². The maximum atomic E-state index is 2.29. The predicted octanol–water partition coefficient (Wildman–Crippen LogP) is 6.62. The van der Waals surface area contributed by atoms with Crippen molar-refractivity contribution in [3.05, 3.63) is 0 Å². The number of rotatable bonds is 15. The molecule has 0 aliphatic heterocycles. The molecule has 0 fully saturated rings. The van der Waals surface area contributed by atoms with E-state index in [1.807, 2.05) is 0 Å². The summed E-state index contributed by atoms with van der Waals surface area (Å²) in [5, 5.41) is 0. The van der Waals surface area contributed by atoms with Gasteiger partial charge in [-0.05, 0) is 92.4 Å². The van der Waals surface area contributed by atoms with Crippen LogP contribution in [0, 0.1) is 0 Å². The van der Waals surface area contributed by atoms with Gasteiger partial charge in [0.1, 0.15) is 0 Å². The Bertz CT molecular complexity index is 263. The van der Waals surface area contributed by atoms with Crippen molar-refractivity contribution in [1.29, 1.82) is 0 Å². The molecule has 0 aliphatic carbocycles. The van der Waals surface area contributed by atoms with Gasteiger partial charge in [0.2, 0.25) is 0 Å². The van der Waals surface area contributed by atoms with Crippen LogP contribution < -0.4 is 24.8 Å². The molecule has 0 amide bonds. The molecule has 20 heteroatoms. The molecule has 0 radical (unpaired) electrons. The second-order valence-corrected chi connectivity index (χ2v) is 24.3. The Kier molecular flexibility index (Phi) is 323. The van der Waals surface area contributed by atoms with Gasteiger partial charge in [-0.1, -0.05) is 104 Å². The van der Waals surface area contributed by atoms with Crippen LogP contribution in [0.3, 0.4) is 0 Å². The molecule has 0 aliphatic rings. The summed E-state index contributed by atoms with van der Waals surface area (Å²) in [5.41, 5.74) is 0. The van der Waals surface area contributed by atoms with Crippen molar-refractivity contribution in [2.45, 2.75) is 104 Å². The first-order valence-corrected chi connectivity index (χ1v) is 24.8. The molecule has 0 saturated heterocycles. The van der Waals surface area contributed by atoms with Crippen LogP contribution in [0.15, 0.2) is 0 Å². The van der Waals surface area contributed by atoms with Crippen molar-refractivity contribution in [3.8, 4) is 0 Å². The van der Waals surface area contributed by atoms with E-state index in [0.29, 0.717) is 39.6 Å². The van der Waals surface area contributed by atoms with Gasteiger partial charge in [-0.2, -0.15) is 0 Å². The van der Waals surface area contributed by atoms with Crippen molar-refractivity contribution in [2.75, 3.05) is 92.4 Å². The van der Waals surface area contributed by atoms with Gasteiger partial charge < -0.3 is 106 Å². The van der Waals surface area contributed by atoms with Gasteiger partial charge in [0, 0.05) is 0 Å². The van der Waals surface area contributed by atoms with Crippen LogP contribution in [0.4, 0.5) is 0 Å². The van der Waals surface area contributed by atoms with E-state index >= 15 is 0 Å². The zero-order chi connectivity index (χ0) is 28.5. The zero-order valence-electron chi connectivity index (χ0n) is 33.5. The summed E-state index contributed by atoms with van der Waals surface area (Å²) in [5.74, 6) is 0. The molecule has 0 saturated carbocycles. The Morgan fingerprint density at radius 3 is 0.220 bits per heavy atom. The van der Waals surface area contributed by atoms with E-state index in [1.165, 1.54) is 92.4 Å². The second kappa shape index (κ2) is 124. The van der Waals surface area contributed by atoms with Crippen LogP contribution in [0.25, 0.3) is 0 Å². The SMILES string of the molecule is CCP(CC)CC.CCP(CC)CC.CCP(CC)CC.CCP(CC)CC.CCP(CC)CC.[Cl-].[Cl-].[Fe+2].[Fe+2].[Fe+2].[Fe+2].[Fe+2].[Fe+2].[Fe+2].[S-2].[S-2].[S-2].[S-2].[S-2].[S-2]. The number of hydrogen-bond donors (Lipinski definition) is 0. The minimum absolute atomic E-state index is 0. The molecule has 0 N–H and O–H groups in total. The first kappa shape index (κ1) is 130. The Balaban J connectivity index is -0.0000000116. The average Bonchev–Trinajstić information content (AvgIpc) is 2.91. The van der Waals surface area contributed by atoms with E-state index in [4.69, 9.17) is 0 Å². The average molecular weight is 1250 g/mol. The fourth-order valence-corrected chi connectivity index (χ4v) is 10.1. The summed E-state index contributed by atoms with van der Waals surface area (Å²) < 4.78 is 0. The van der Waals surface area contributed by atoms with Crippen molar-refractivity contribution < 1.29 is 144 Å². The van der Waals surface area contributed by atoms with Crippen LogP contribution in [-0.2, 0) is 200 Å². The van der Waals surface area contributed by atoms with Crippen molar-refractivity contribution in [1.82, 2.24) is 0 Å². The molecule has 0 nitrogen and oxygen atoms in total. The van der Waals surface area contributed by atoms with Crippen LogP contribution in [-0.4, -0.2) is 92.4 Å². The minimum atomic E-state index is 0. The van der Waals surface area contributed by atoms with Gasteiger partial charge in [-0.15, -0.1) is 39.6 Å². The summed E-state index contributed by atoms with van der Waals surface area (Å²) in [6.07, 6.45) is 21.3. The fraction of sp³-hybridized carbons (Fsp3) is 1.00.